The third kappa shape index (κ3) is 4.52. The highest BCUT2D eigenvalue weighted by molar-refractivity contribution is 6.34. The smallest absolute Gasteiger partial charge is 0.227 e. The van der Waals surface area contributed by atoms with Crippen LogP contribution < -0.4 is 10.2 Å². The number of piperazine rings is 1. The molecule has 5 rings (SSSR count). The zero-order valence-corrected chi connectivity index (χ0v) is 20.8. The normalized spacial score (nSPS) is 21.4. The minimum Gasteiger partial charge on any atom is -0.389 e. The van der Waals surface area contributed by atoms with Crippen molar-refractivity contribution >= 4 is 39.8 Å². The molecule has 2 aliphatic heterocycles. The second-order valence-corrected chi connectivity index (χ2v) is 10.0. The molecule has 10 nitrogen and oxygen atoms in total. The molecule has 0 saturated carbocycles. The fourth-order valence-corrected chi connectivity index (χ4v) is 5.07. The first-order chi connectivity index (χ1) is 16.8. The number of aliphatic hydroxyl groups is 1. The molecule has 0 bridgehead atoms. The summed E-state index contributed by atoms with van der Waals surface area (Å²) in [6.45, 7) is 9.80. The molecule has 2 atom stereocenters. The first kappa shape index (κ1) is 23.8. The van der Waals surface area contributed by atoms with Gasteiger partial charge in [0.25, 0.3) is 0 Å². The molecule has 0 unspecified atom stereocenters. The van der Waals surface area contributed by atoms with E-state index in [1.54, 1.807) is 17.1 Å². The first-order valence-corrected chi connectivity index (χ1v) is 12.1. The number of fused-ring (bicyclic) bond motifs is 1. The Kier molecular flexibility index (Phi) is 6.27. The average Bonchev–Trinajstić information content (AvgIpc) is 3.44. The highest BCUT2D eigenvalue weighted by atomic mass is 35.5. The Balaban J connectivity index is 1.35. The van der Waals surface area contributed by atoms with Crippen LogP contribution in [0.5, 0.6) is 0 Å². The second kappa shape index (κ2) is 9.24. The van der Waals surface area contributed by atoms with Crippen LogP contribution >= 0.6 is 11.6 Å². The van der Waals surface area contributed by atoms with Crippen molar-refractivity contribution in [3.05, 3.63) is 35.2 Å². The molecule has 35 heavy (non-hydrogen) atoms. The van der Waals surface area contributed by atoms with Gasteiger partial charge in [-0.1, -0.05) is 11.6 Å². The minimum atomic E-state index is -0.757. The SMILES string of the molecule is Cc1c(Nc2ncc3cc(Cl)c(N4CCN([C@H]5COC[C@H]5O)CC4)cc3n2)cnn1C(C)(C)C#N. The molecule has 0 spiro atoms. The quantitative estimate of drug-likeness (QED) is 0.550. The number of hydrogen-bond donors (Lipinski definition) is 2. The Labute approximate surface area is 209 Å². The second-order valence-electron chi connectivity index (χ2n) is 9.60. The zero-order chi connectivity index (χ0) is 24.7. The summed E-state index contributed by atoms with van der Waals surface area (Å²) >= 11 is 6.65. The number of aromatic nitrogens is 4. The van der Waals surface area contributed by atoms with E-state index < -0.39 is 11.6 Å². The molecule has 3 aromatic rings. The van der Waals surface area contributed by atoms with Crippen LogP contribution in [-0.4, -0.2) is 81.3 Å². The monoisotopic (exact) mass is 496 g/mol. The van der Waals surface area contributed by atoms with Crippen molar-refractivity contribution in [2.75, 3.05) is 49.6 Å². The number of hydrogen-bond acceptors (Lipinski definition) is 9. The van der Waals surface area contributed by atoms with Crippen molar-refractivity contribution < 1.29 is 9.84 Å². The highest BCUT2D eigenvalue weighted by Crippen LogP contribution is 2.32. The topological polar surface area (TPSA) is 115 Å². The van der Waals surface area contributed by atoms with Crippen LogP contribution in [0.1, 0.15) is 19.5 Å². The summed E-state index contributed by atoms with van der Waals surface area (Å²) in [5, 5.41) is 28.7. The van der Waals surface area contributed by atoms with Gasteiger partial charge in [-0.15, -0.1) is 0 Å². The number of nitrogens with zero attached hydrogens (tertiary/aromatic N) is 7. The van der Waals surface area contributed by atoms with E-state index in [0.717, 1.165) is 54.2 Å². The van der Waals surface area contributed by atoms with E-state index in [9.17, 15) is 10.4 Å². The summed E-state index contributed by atoms with van der Waals surface area (Å²) in [5.41, 5.74) is 2.54. The fourth-order valence-electron chi connectivity index (χ4n) is 4.78. The molecule has 2 saturated heterocycles. The molecule has 2 aromatic heterocycles. The Morgan fingerprint density at radius 1 is 1.20 bits per heavy atom. The molecule has 2 fully saturated rings. The Hall–Kier alpha value is -2.97. The van der Waals surface area contributed by atoms with Gasteiger partial charge in [0, 0.05) is 37.8 Å². The molecule has 2 aliphatic rings. The van der Waals surface area contributed by atoms with Crippen LogP contribution in [0.25, 0.3) is 10.9 Å². The summed E-state index contributed by atoms with van der Waals surface area (Å²) in [4.78, 5) is 13.7. The van der Waals surface area contributed by atoms with Crippen molar-refractivity contribution in [2.24, 2.45) is 0 Å². The number of rotatable bonds is 5. The Morgan fingerprint density at radius 2 is 1.97 bits per heavy atom. The summed E-state index contributed by atoms with van der Waals surface area (Å²) in [6.07, 6.45) is 3.01. The minimum absolute atomic E-state index is 0.0668. The van der Waals surface area contributed by atoms with E-state index in [-0.39, 0.29) is 6.04 Å². The number of ether oxygens (including phenoxy) is 1. The van der Waals surface area contributed by atoms with E-state index in [4.69, 9.17) is 21.3 Å². The van der Waals surface area contributed by atoms with Gasteiger partial charge in [0.2, 0.25) is 5.95 Å². The number of benzene rings is 1. The lowest BCUT2D eigenvalue weighted by molar-refractivity contribution is 0.0785. The van der Waals surface area contributed by atoms with Crippen molar-refractivity contribution in [1.82, 2.24) is 24.6 Å². The third-order valence-corrected chi connectivity index (χ3v) is 7.16. The molecule has 1 aromatic carbocycles. The van der Waals surface area contributed by atoms with Gasteiger partial charge in [-0.3, -0.25) is 4.90 Å². The maximum absolute atomic E-state index is 10.1. The van der Waals surface area contributed by atoms with Gasteiger partial charge in [0.1, 0.15) is 5.54 Å². The molecule has 4 heterocycles. The number of aliphatic hydroxyl groups excluding tert-OH is 1. The van der Waals surface area contributed by atoms with Crippen LogP contribution in [0.2, 0.25) is 5.02 Å². The van der Waals surface area contributed by atoms with Gasteiger partial charge in [-0.25, -0.2) is 14.6 Å². The molecular weight excluding hydrogens is 468 g/mol. The lowest BCUT2D eigenvalue weighted by Gasteiger charge is -2.39. The lowest BCUT2D eigenvalue weighted by Crippen LogP contribution is -2.53. The van der Waals surface area contributed by atoms with Crippen LogP contribution in [0, 0.1) is 18.3 Å². The zero-order valence-electron chi connectivity index (χ0n) is 20.1. The standard InChI is InChI=1S/C24H29ClN8O2/c1-15-19(11-28-33(15)24(2,3)14-26)30-23-27-10-16-8-17(25)20(9-18(16)29-23)31-4-6-32(7-5-31)21-12-35-13-22(21)34/h8-11,21-22,34H,4-7,12-13H2,1-3H3,(H,27,29,30)/t21-,22+/m0/s1. The number of nitriles is 1. The molecule has 184 valence electrons. The van der Waals surface area contributed by atoms with Crippen LogP contribution in [0.3, 0.4) is 0 Å². The summed E-state index contributed by atoms with van der Waals surface area (Å²) in [5.74, 6) is 0.447. The summed E-state index contributed by atoms with van der Waals surface area (Å²) in [6, 6.07) is 6.23. The van der Waals surface area contributed by atoms with Gasteiger partial charge in [-0.05, 0) is 32.9 Å². The number of nitrogens with one attached hydrogen (secondary N) is 1. The largest absolute Gasteiger partial charge is 0.389 e. The number of anilines is 3. The molecule has 11 heteroatoms. The van der Waals surface area contributed by atoms with Gasteiger partial charge in [-0.2, -0.15) is 10.4 Å². The Bertz CT molecular complexity index is 1280. The Morgan fingerprint density at radius 3 is 2.66 bits per heavy atom. The van der Waals surface area contributed by atoms with E-state index in [1.807, 2.05) is 32.9 Å². The summed E-state index contributed by atoms with van der Waals surface area (Å²) in [7, 11) is 0. The molecule has 0 aliphatic carbocycles. The van der Waals surface area contributed by atoms with Crippen molar-refractivity contribution in [3.63, 3.8) is 0 Å². The van der Waals surface area contributed by atoms with Gasteiger partial charge < -0.3 is 20.1 Å². The molecular formula is C24H29ClN8O2. The molecule has 0 amide bonds. The molecule has 2 N–H and O–H groups in total. The number of halogens is 1. The van der Waals surface area contributed by atoms with Crippen molar-refractivity contribution in [1.29, 1.82) is 5.26 Å². The van der Waals surface area contributed by atoms with Crippen LogP contribution in [0.15, 0.2) is 24.5 Å². The van der Waals surface area contributed by atoms with Crippen LogP contribution in [0.4, 0.5) is 17.3 Å². The van der Waals surface area contributed by atoms with Gasteiger partial charge >= 0.3 is 0 Å². The predicted octanol–water partition coefficient (Wildman–Crippen LogP) is 2.67. The highest BCUT2D eigenvalue weighted by Gasteiger charge is 2.33. The lowest BCUT2D eigenvalue weighted by atomic mass is 10.1. The first-order valence-electron chi connectivity index (χ1n) is 11.7. The summed E-state index contributed by atoms with van der Waals surface area (Å²) < 4.78 is 7.11. The van der Waals surface area contributed by atoms with Crippen molar-refractivity contribution in [3.8, 4) is 6.07 Å². The third-order valence-electron chi connectivity index (χ3n) is 6.85. The maximum Gasteiger partial charge on any atom is 0.227 e. The van der Waals surface area contributed by atoms with Crippen molar-refractivity contribution in [2.45, 2.75) is 38.5 Å². The fraction of sp³-hybridized carbons (Fsp3) is 0.500. The van der Waals surface area contributed by atoms with Crippen LogP contribution in [-0.2, 0) is 10.3 Å². The predicted molar refractivity (Wildman–Crippen MR) is 134 cm³/mol. The van der Waals surface area contributed by atoms with E-state index in [1.165, 1.54) is 0 Å². The molecule has 0 radical (unpaired) electrons. The van der Waals surface area contributed by atoms with E-state index in [2.05, 4.69) is 31.3 Å². The van der Waals surface area contributed by atoms with E-state index >= 15 is 0 Å². The van der Waals surface area contributed by atoms with Gasteiger partial charge in [0.15, 0.2) is 0 Å². The maximum atomic E-state index is 10.1. The van der Waals surface area contributed by atoms with E-state index in [0.29, 0.717) is 24.2 Å². The average molecular weight is 497 g/mol. The van der Waals surface area contributed by atoms with Gasteiger partial charge in [0.05, 0.1) is 65.2 Å².